The molecule has 0 saturated carbocycles. The van der Waals surface area contributed by atoms with E-state index in [1.165, 1.54) is 41.0 Å². The molecule has 218 valence electrons. The summed E-state index contributed by atoms with van der Waals surface area (Å²) in [5, 5.41) is 12.3. The van der Waals surface area contributed by atoms with Gasteiger partial charge in [0, 0.05) is 16.5 Å². The lowest BCUT2D eigenvalue weighted by Crippen LogP contribution is -2.33. The van der Waals surface area contributed by atoms with Gasteiger partial charge < -0.3 is 15.2 Å². The number of rotatable bonds is 7. The molecule has 3 unspecified atom stereocenters. The largest absolute Gasteiger partial charge is 0.508 e. The molecule has 1 saturated heterocycles. The molecular weight excluding hydrogens is 590 g/mol. The van der Waals surface area contributed by atoms with E-state index in [2.05, 4.69) is 5.32 Å². The van der Waals surface area contributed by atoms with Gasteiger partial charge in [-0.25, -0.2) is 9.69 Å². The third-order valence-electron chi connectivity index (χ3n) is 7.30. The zero-order valence-corrected chi connectivity index (χ0v) is 24.4. The van der Waals surface area contributed by atoms with Gasteiger partial charge in [0.1, 0.15) is 17.5 Å². The van der Waals surface area contributed by atoms with Crippen molar-refractivity contribution in [1.82, 2.24) is 4.57 Å². The van der Waals surface area contributed by atoms with Gasteiger partial charge in [0.25, 0.3) is 0 Å². The number of thiazole rings is 1. The Morgan fingerprint density at radius 1 is 0.930 bits per heavy atom. The third-order valence-corrected chi connectivity index (χ3v) is 9.90. The van der Waals surface area contributed by atoms with Gasteiger partial charge in [0.15, 0.2) is 0 Å². The van der Waals surface area contributed by atoms with E-state index >= 15 is 0 Å². The number of carbonyl (C=O) groups is 4. The fraction of sp³-hybridized carbons (Fsp3) is 0.194. The highest BCUT2D eigenvalue weighted by molar-refractivity contribution is 8.00. The van der Waals surface area contributed by atoms with Gasteiger partial charge in [0.05, 0.1) is 28.8 Å². The van der Waals surface area contributed by atoms with Crippen molar-refractivity contribution in [2.24, 2.45) is 5.92 Å². The Hall–Kier alpha value is -4.68. The van der Waals surface area contributed by atoms with Crippen LogP contribution >= 0.6 is 23.1 Å². The molecule has 0 aliphatic carbocycles. The smallest absolute Gasteiger partial charge is 0.338 e. The highest BCUT2D eigenvalue weighted by atomic mass is 32.2. The number of carbonyl (C=O) groups excluding carboxylic acids is 4. The minimum Gasteiger partial charge on any atom is -0.508 e. The molecule has 1 fully saturated rings. The zero-order chi connectivity index (χ0) is 30.2. The van der Waals surface area contributed by atoms with Gasteiger partial charge in [-0.3, -0.25) is 23.7 Å². The van der Waals surface area contributed by atoms with Gasteiger partial charge in [-0.2, -0.15) is 0 Å². The number of hydrogen-bond acceptors (Lipinski definition) is 9. The first-order valence-corrected chi connectivity index (χ1v) is 15.2. The molecule has 2 N–H and O–H groups in total. The first-order valence-electron chi connectivity index (χ1n) is 13.5. The molecule has 43 heavy (non-hydrogen) atoms. The van der Waals surface area contributed by atoms with Crippen molar-refractivity contribution in [3.05, 3.63) is 105 Å². The van der Waals surface area contributed by atoms with E-state index in [0.717, 1.165) is 28.0 Å². The van der Waals surface area contributed by atoms with Crippen LogP contribution in [-0.2, 0) is 25.7 Å². The first kappa shape index (κ1) is 28.4. The molecule has 10 nitrogen and oxygen atoms in total. The molecule has 4 aromatic rings. The minimum atomic E-state index is -0.874. The van der Waals surface area contributed by atoms with Crippen molar-refractivity contribution in [3.8, 4) is 5.75 Å². The Labute approximate surface area is 253 Å². The van der Waals surface area contributed by atoms with E-state index in [1.807, 2.05) is 6.07 Å². The number of anilines is 2. The lowest BCUT2D eigenvalue weighted by Gasteiger charge is -2.30. The van der Waals surface area contributed by atoms with E-state index in [4.69, 9.17) is 4.74 Å². The number of nitrogens with one attached hydrogen (secondary N) is 1. The number of fused-ring (bicyclic) bond motifs is 2. The van der Waals surface area contributed by atoms with Gasteiger partial charge in [-0.05, 0) is 61.0 Å². The SMILES string of the molecule is CCOC(=O)c1ccc(N2C(=O)C3Sc4c(sc(=O)n4CC(=O)Nc4ccccc4)C(c4ccc(O)cc4)C3C2=O)cc1. The molecule has 2 aliphatic rings. The molecule has 3 amide bonds. The molecular formula is C31H25N3O7S2. The predicted molar refractivity (Wildman–Crippen MR) is 162 cm³/mol. The molecule has 0 bridgehead atoms. The fourth-order valence-corrected chi connectivity index (χ4v) is 8.15. The Morgan fingerprint density at radius 3 is 2.30 bits per heavy atom. The number of phenols is 1. The Bertz CT molecular complexity index is 1780. The minimum absolute atomic E-state index is 0.0335. The number of ether oxygens (including phenoxy) is 1. The second-order valence-electron chi connectivity index (χ2n) is 9.95. The molecule has 0 spiro atoms. The predicted octanol–water partition coefficient (Wildman–Crippen LogP) is 4.23. The maximum Gasteiger partial charge on any atom is 0.338 e. The first-order chi connectivity index (χ1) is 20.8. The van der Waals surface area contributed by atoms with Crippen LogP contribution < -0.4 is 15.1 Å². The molecule has 0 radical (unpaired) electrons. The molecule has 2 aliphatic heterocycles. The Balaban J connectivity index is 1.38. The third kappa shape index (κ3) is 5.23. The summed E-state index contributed by atoms with van der Waals surface area (Å²) in [5.74, 6) is -3.30. The molecule has 3 heterocycles. The number of aromatic hydroxyl groups is 1. The fourth-order valence-electron chi connectivity index (χ4n) is 5.38. The Morgan fingerprint density at radius 2 is 1.63 bits per heavy atom. The van der Waals surface area contributed by atoms with Crippen LogP contribution in [0.3, 0.4) is 0 Å². The van der Waals surface area contributed by atoms with Crippen LogP contribution in [0.5, 0.6) is 5.75 Å². The highest BCUT2D eigenvalue weighted by Crippen LogP contribution is 2.54. The van der Waals surface area contributed by atoms with Crippen LogP contribution in [-0.4, -0.2) is 45.2 Å². The van der Waals surface area contributed by atoms with Crippen molar-refractivity contribution in [2.75, 3.05) is 16.8 Å². The van der Waals surface area contributed by atoms with Crippen molar-refractivity contribution >= 4 is 58.2 Å². The number of hydrogen-bond donors (Lipinski definition) is 2. The second-order valence-corrected chi connectivity index (χ2v) is 12.1. The average Bonchev–Trinajstić information content (AvgIpc) is 3.44. The summed E-state index contributed by atoms with van der Waals surface area (Å²) in [4.78, 5) is 67.5. The van der Waals surface area contributed by atoms with Crippen LogP contribution in [0.25, 0.3) is 0 Å². The van der Waals surface area contributed by atoms with Crippen molar-refractivity contribution in [3.63, 3.8) is 0 Å². The maximum absolute atomic E-state index is 14.0. The van der Waals surface area contributed by atoms with Gasteiger partial charge in [0.2, 0.25) is 17.7 Å². The summed E-state index contributed by atoms with van der Waals surface area (Å²) in [6.07, 6.45) is 0. The summed E-state index contributed by atoms with van der Waals surface area (Å²) >= 11 is 2.05. The normalized spacial score (nSPS) is 19.1. The molecule has 12 heteroatoms. The summed E-state index contributed by atoms with van der Waals surface area (Å²) in [5.41, 5.74) is 1.83. The van der Waals surface area contributed by atoms with Crippen LogP contribution in [0.1, 0.15) is 33.6 Å². The summed E-state index contributed by atoms with van der Waals surface area (Å²) in [7, 11) is 0. The number of benzene rings is 3. The van der Waals surface area contributed by atoms with Crippen LogP contribution in [0.2, 0.25) is 0 Å². The van der Waals surface area contributed by atoms with E-state index in [9.17, 15) is 29.1 Å². The number of para-hydroxylation sites is 1. The van der Waals surface area contributed by atoms with Crippen molar-refractivity contribution in [2.45, 2.75) is 29.7 Å². The summed E-state index contributed by atoms with van der Waals surface area (Å²) in [6, 6.07) is 21.2. The number of nitrogens with zero attached hydrogens (tertiary/aromatic N) is 2. The van der Waals surface area contributed by atoms with Crippen LogP contribution in [0, 0.1) is 5.92 Å². The molecule has 1 aromatic heterocycles. The standard InChI is InChI=1S/C31H25N3O7S2/c1-2-41-30(39)18-8-12-20(13-9-18)34-27(37)24-23(17-10-14-21(35)15-11-17)26-29(42-25(24)28(34)38)33(31(40)43-26)16-22(36)32-19-6-4-3-5-7-19/h3-15,23-25,35H,2,16H2,1H3,(H,32,36). The van der Waals surface area contributed by atoms with Crippen LogP contribution in [0.15, 0.2) is 88.7 Å². The molecule has 6 rings (SSSR count). The summed E-state index contributed by atoms with van der Waals surface area (Å²) < 4.78 is 6.38. The van der Waals surface area contributed by atoms with Gasteiger partial charge in [-0.15, -0.1) is 0 Å². The number of amides is 3. The van der Waals surface area contributed by atoms with Gasteiger partial charge >= 0.3 is 10.8 Å². The monoisotopic (exact) mass is 615 g/mol. The molecule has 3 atom stereocenters. The quantitative estimate of drug-likeness (QED) is 0.233. The molecule has 3 aromatic carbocycles. The van der Waals surface area contributed by atoms with E-state index in [-0.39, 0.29) is 23.8 Å². The number of imide groups is 1. The van der Waals surface area contributed by atoms with E-state index in [0.29, 0.717) is 32.4 Å². The number of thioether (sulfide) groups is 1. The number of phenolic OH excluding ortho intramolecular Hbond substituents is 1. The Kier molecular flexibility index (Phi) is 7.63. The van der Waals surface area contributed by atoms with Crippen molar-refractivity contribution < 1.29 is 29.0 Å². The highest BCUT2D eigenvalue weighted by Gasteiger charge is 2.56. The van der Waals surface area contributed by atoms with Crippen LogP contribution in [0.4, 0.5) is 11.4 Å². The summed E-state index contributed by atoms with van der Waals surface area (Å²) in [6.45, 7) is 1.64. The number of esters is 1. The average molecular weight is 616 g/mol. The lowest BCUT2D eigenvalue weighted by atomic mass is 9.83. The maximum atomic E-state index is 14.0. The number of aromatic nitrogens is 1. The van der Waals surface area contributed by atoms with Gasteiger partial charge in [-0.1, -0.05) is 53.4 Å². The van der Waals surface area contributed by atoms with E-state index in [1.54, 1.807) is 43.3 Å². The van der Waals surface area contributed by atoms with Crippen molar-refractivity contribution in [1.29, 1.82) is 0 Å². The zero-order valence-electron chi connectivity index (χ0n) is 22.8. The lowest BCUT2D eigenvalue weighted by molar-refractivity contribution is -0.122. The van der Waals surface area contributed by atoms with E-state index < -0.39 is 40.8 Å². The topological polar surface area (TPSA) is 135 Å². The second kappa shape index (κ2) is 11.5.